The molecule has 0 unspecified atom stereocenters. The number of hydrogen-bond donors (Lipinski definition) is 1. The molecule has 1 heterocycles. The summed E-state index contributed by atoms with van der Waals surface area (Å²) < 4.78 is 25.0. The Labute approximate surface area is 210 Å². The number of aliphatic imine (C=N–C) groups is 1. The summed E-state index contributed by atoms with van der Waals surface area (Å²) in [5, 5.41) is 3.07. The highest BCUT2D eigenvalue weighted by Crippen LogP contribution is 2.38. The highest BCUT2D eigenvalue weighted by Gasteiger charge is 2.25. The van der Waals surface area contributed by atoms with Crippen LogP contribution in [0.5, 0.6) is 11.5 Å². The number of benzene rings is 3. The Bertz CT molecular complexity index is 1330. The fraction of sp³-hybridized carbons (Fsp3) is 0.115. The van der Waals surface area contributed by atoms with Crippen molar-refractivity contribution in [3.8, 4) is 11.5 Å². The predicted molar refractivity (Wildman–Crippen MR) is 135 cm³/mol. The van der Waals surface area contributed by atoms with E-state index in [-0.39, 0.29) is 28.5 Å². The van der Waals surface area contributed by atoms with E-state index < -0.39 is 5.91 Å². The third-order valence-electron chi connectivity index (χ3n) is 4.78. The fourth-order valence-electron chi connectivity index (χ4n) is 3.23. The minimum absolute atomic E-state index is 0.103. The van der Waals surface area contributed by atoms with Crippen molar-refractivity contribution in [2.45, 2.75) is 13.5 Å². The third kappa shape index (κ3) is 6.29. The van der Waals surface area contributed by atoms with Crippen molar-refractivity contribution >= 4 is 46.4 Å². The second-order valence-corrected chi connectivity index (χ2v) is 8.77. The Morgan fingerprint density at radius 3 is 2.66 bits per heavy atom. The van der Waals surface area contributed by atoms with Gasteiger partial charge in [0.1, 0.15) is 12.4 Å². The van der Waals surface area contributed by atoms with Gasteiger partial charge in [-0.05, 0) is 72.3 Å². The van der Waals surface area contributed by atoms with Gasteiger partial charge in [-0.15, -0.1) is 0 Å². The number of carbonyl (C=O) groups is 2. The van der Waals surface area contributed by atoms with Crippen LogP contribution in [0.3, 0.4) is 0 Å². The molecule has 2 amide bonds. The van der Waals surface area contributed by atoms with Crippen LogP contribution in [0.25, 0.3) is 6.08 Å². The maximum absolute atomic E-state index is 13.5. The smallest absolute Gasteiger partial charge is 0.279 e. The average Bonchev–Trinajstić information content (AvgIpc) is 3.17. The number of amidine groups is 1. The highest BCUT2D eigenvalue weighted by molar-refractivity contribution is 8.18. The quantitative estimate of drug-likeness (QED) is 0.403. The molecule has 9 heteroatoms. The van der Waals surface area contributed by atoms with Crippen molar-refractivity contribution in [1.82, 2.24) is 5.32 Å². The minimum Gasteiger partial charge on any atom is -0.490 e. The molecule has 0 spiro atoms. The van der Waals surface area contributed by atoms with E-state index in [1.807, 2.05) is 6.92 Å². The summed E-state index contributed by atoms with van der Waals surface area (Å²) in [6.07, 6.45) is 1.63. The molecule has 3 aromatic rings. The van der Waals surface area contributed by atoms with Crippen LogP contribution in [0, 0.1) is 5.82 Å². The lowest BCUT2D eigenvalue weighted by Crippen LogP contribution is -2.20. The van der Waals surface area contributed by atoms with Crippen molar-refractivity contribution in [2.75, 3.05) is 6.61 Å². The standard InChI is InChI=1S/C26H20ClFN2O4S/c1-2-33-21-13-17(12-20(27)23(21)34-15-16-7-6-10-19(28)11-16)14-22-25(32)30-26(35-22)29-24(31)18-8-4-3-5-9-18/h3-14H,2,15H2,1H3,(H,29,30,31,32)/b22-14-. The summed E-state index contributed by atoms with van der Waals surface area (Å²) in [7, 11) is 0. The zero-order chi connectivity index (χ0) is 24.8. The van der Waals surface area contributed by atoms with E-state index >= 15 is 0 Å². The van der Waals surface area contributed by atoms with Gasteiger partial charge in [-0.25, -0.2) is 4.39 Å². The van der Waals surface area contributed by atoms with Crippen molar-refractivity contribution in [3.63, 3.8) is 0 Å². The number of hydrogen-bond acceptors (Lipinski definition) is 5. The molecular weight excluding hydrogens is 491 g/mol. The van der Waals surface area contributed by atoms with Crippen molar-refractivity contribution in [2.24, 2.45) is 4.99 Å². The van der Waals surface area contributed by atoms with Crippen molar-refractivity contribution in [3.05, 3.63) is 99.2 Å². The molecule has 1 saturated heterocycles. The first-order valence-corrected chi connectivity index (χ1v) is 11.8. The van der Waals surface area contributed by atoms with Crippen LogP contribution in [0.4, 0.5) is 4.39 Å². The number of halogens is 2. The first kappa shape index (κ1) is 24.5. The summed E-state index contributed by atoms with van der Waals surface area (Å²) in [5.41, 5.74) is 1.67. The number of thioether (sulfide) groups is 1. The van der Waals surface area contributed by atoms with Gasteiger partial charge in [-0.3, -0.25) is 9.59 Å². The number of nitrogens with one attached hydrogen (secondary N) is 1. The van der Waals surface area contributed by atoms with Crippen molar-refractivity contribution < 1.29 is 23.5 Å². The maximum Gasteiger partial charge on any atom is 0.279 e. The van der Waals surface area contributed by atoms with E-state index in [2.05, 4.69) is 10.3 Å². The molecule has 1 aliphatic rings. The number of ether oxygens (including phenoxy) is 2. The van der Waals surface area contributed by atoms with Gasteiger partial charge in [0.15, 0.2) is 16.7 Å². The summed E-state index contributed by atoms with van der Waals surface area (Å²) in [4.78, 5) is 29.1. The molecule has 35 heavy (non-hydrogen) atoms. The largest absolute Gasteiger partial charge is 0.490 e. The van der Waals surface area contributed by atoms with Gasteiger partial charge in [-0.1, -0.05) is 41.9 Å². The van der Waals surface area contributed by atoms with Crippen LogP contribution in [0.1, 0.15) is 28.4 Å². The molecule has 0 bridgehead atoms. The summed E-state index contributed by atoms with van der Waals surface area (Å²) >= 11 is 7.52. The molecule has 0 radical (unpaired) electrons. The first-order valence-electron chi connectivity index (χ1n) is 10.7. The number of nitrogens with zero attached hydrogens (tertiary/aromatic N) is 1. The van der Waals surface area contributed by atoms with Gasteiger partial charge < -0.3 is 14.8 Å². The Hall–Kier alpha value is -3.62. The Morgan fingerprint density at radius 2 is 1.91 bits per heavy atom. The molecule has 6 nitrogen and oxygen atoms in total. The number of carbonyl (C=O) groups excluding carboxylic acids is 2. The monoisotopic (exact) mass is 510 g/mol. The molecular formula is C26H20ClFN2O4S. The second kappa shape index (κ2) is 11.2. The Morgan fingerprint density at radius 1 is 1.11 bits per heavy atom. The van der Waals surface area contributed by atoms with E-state index in [1.54, 1.807) is 60.7 Å². The van der Waals surface area contributed by atoms with Crippen LogP contribution in [0.2, 0.25) is 5.02 Å². The van der Waals surface area contributed by atoms with E-state index in [0.29, 0.717) is 39.7 Å². The summed E-state index contributed by atoms with van der Waals surface area (Å²) in [6.45, 7) is 2.29. The third-order valence-corrected chi connectivity index (χ3v) is 5.97. The zero-order valence-electron chi connectivity index (χ0n) is 18.6. The SMILES string of the molecule is CCOc1cc(/C=C2\SC(=NC(=O)c3ccccc3)NC2=O)cc(Cl)c1OCc1cccc(F)c1. The van der Waals surface area contributed by atoms with Gasteiger partial charge >= 0.3 is 0 Å². The lowest BCUT2D eigenvalue weighted by molar-refractivity contribution is -0.115. The topological polar surface area (TPSA) is 77.0 Å². The normalized spacial score (nSPS) is 15.3. The van der Waals surface area contributed by atoms with Crippen LogP contribution in [-0.4, -0.2) is 23.6 Å². The van der Waals surface area contributed by atoms with Gasteiger partial charge in [0.05, 0.1) is 16.5 Å². The van der Waals surface area contributed by atoms with Crippen LogP contribution >= 0.6 is 23.4 Å². The van der Waals surface area contributed by atoms with Crippen molar-refractivity contribution in [1.29, 1.82) is 0 Å². The molecule has 0 aliphatic carbocycles. The van der Waals surface area contributed by atoms with E-state index in [1.165, 1.54) is 12.1 Å². The first-order chi connectivity index (χ1) is 16.9. The van der Waals surface area contributed by atoms with Gasteiger partial charge in [0.2, 0.25) is 0 Å². The molecule has 0 aromatic heterocycles. The zero-order valence-corrected chi connectivity index (χ0v) is 20.2. The number of amides is 2. The van der Waals surface area contributed by atoms with Crippen LogP contribution in [0.15, 0.2) is 76.6 Å². The maximum atomic E-state index is 13.5. The lowest BCUT2D eigenvalue weighted by Gasteiger charge is -2.14. The Kier molecular flexibility index (Phi) is 7.84. The van der Waals surface area contributed by atoms with Crippen LogP contribution in [-0.2, 0) is 11.4 Å². The van der Waals surface area contributed by atoms with E-state index in [4.69, 9.17) is 21.1 Å². The average molecular weight is 511 g/mol. The Balaban J connectivity index is 1.54. The molecule has 1 fully saturated rings. The molecule has 3 aromatic carbocycles. The lowest BCUT2D eigenvalue weighted by atomic mass is 10.1. The fourth-order valence-corrected chi connectivity index (χ4v) is 4.32. The minimum atomic E-state index is -0.448. The molecule has 1 aliphatic heterocycles. The molecule has 4 rings (SSSR count). The molecule has 0 saturated carbocycles. The highest BCUT2D eigenvalue weighted by atomic mass is 35.5. The second-order valence-electron chi connectivity index (χ2n) is 7.33. The van der Waals surface area contributed by atoms with Gasteiger partial charge in [-0.2, -0.15) is 4.99 Å². The molecule has 0 atom stereocenters. The van der Waals surface area contributed by atoms with E-state index in [9.17, 15) is 14.0 Å². The molecule has 1 N–H and O–H groups in total. The van der Waals surface area contributed by atoms with Gasteiger partial charge in [0, 0.05) is 5.56 Å². The van der Waals surface area contributed by atoms with Crippen LogP contribution < -0.4 is 14.8 Å². The summed E-state index contributed by atoms with van der Waals surface area (Å²) in [5.74, 6) is -0.477. The summed E-state index contributed by atoms with van der Waals surface area (Å²) in [6, 6.07) is 18.0. The predicted octanol–water partition coefficient (Wildman–Crippen LogP) is 5.86. The number of rotatable bonds is 7. The van der Waals surface area contributed by atoms with E-state index in [0.717, 1.165) is 11.8 Å². The van der Waals surface area contributed by atoms with Gasteiger partial charge in [0.25, 0.3) is 11.8 Å². The molecule has 178 valence electrons.